The second-order valence-electron chi connectivity index (χ2n) is 6.97. The van der Waals surface area contributed by atoms with Crippen molar-refractivity contribution in [3.05, 3.63) is 47.0 Å². The topological polar surface area (TPSA) is 111 Å². The van der Waals surface area contributed by atoms with Crippen LogP contribution in [0.3, 0.4) is 0 Å². The molecule has 2 N–H and O–H groups in total. The fourth-order valence-corrected chi connectivity index (χ4v) is 3.66. The van der Waals surface area contributed by atoms with Crippen LogP contribution in [0.2, 0.25) is 5.02 Å². The van der Waals surface area contributed by atoms with Gasteiger partial charge in [0.2, 0.25) is 0 Å². The number of aromatic nitrogens is 2. The van der Waals surface area contributed by atoms with Crippen LogP contribution < -0.4 is 5.32 Å². The number of hydrogen-bond acceptors (Lipinski definition) is 5. The van der Waals surface area contributed by atoms with Gasteiger partial charge in [0.15, 0.2) is 5.82 Å². The molecule has 1 fully saturated rings. The molecule has 0 atom stereocenters. The van der Waals surface area contributed by atoms with Crippen LogP contribution >= 0.6 is 11.6 Å². The van der Waals surface area contributed by atoms with Crippen molar-refractivity contribution in [3.8, 4) is 17.2 Å². The minimum absolute atomic E-state index is 0.232. The molecule has 9 heteroatoms. The summed E-state index contributed by atoms with van der Waals surface area (Å²) in [5.41, 5.74) is 2.61. The molecular formula is C21H18ClN5O3. The van der Waals surface area contributed by atoms with E-state index in [1.165, 1.54) is 4.90 Å². The summed E-state index contributed by atoms with van der Waals surface area (Å²) in [6, 6.07) is 12.5. The van der Waals surface area contributed by atoms with E-state index >= 15 is 0 Å². The smallest absolute Gasteiger partial charge is 0.359 e. The van der Waals surface area contributed by atoms with Crippen molar-refractivity contribution in [1.29, 1.82) is 5.26 Å². The fourth-order valence-electron chi connectivity index (χ4n) is 3.44. The number of anilines is 1. The molecule has 2 heterocycles. The molecule has 1 aromatic heterocycles. The lowest BCUT2D eigenvalue weighted by atomic mass is 10.0. The molecule has 1 aliphatic rings. The largest absolute Gasteiger partial charge is 0.421 e. The number of piperidine rings is 1. The van der Waals surface area contributed by atoms with Crippen LogP contribution in [0.15, 0.2) is 36.4 Å². The SMILES string of the molecule is N#Cc1ccc(Cl)c(-c2ccc3[nH]nc(NC(=O)OC(=O)N4CCCCC4)c3c2)c1. The van der Waals surface area contributed by atoms with Crippen molar-refractivity contribution in [1.82, 2.24) is 15.1 Å². The summed E-state index contributed by atoms with van der Waals surface area (Å²) in [6.45, 7) is 1.17. The van der Waals surface area contributed by atoms with Gasteiger partial charge in [-0.1, -0.05) is 17.7 Å². The Bertz CT molecular complexity index is 1160. The maximum absolute atomic E-state index is 12.2. The van der Waals surface area contributed by atoms with E-state index < -0.39 is 12.2 Å². The van der Waals surface area contributed by atoms with E-state index in [9.17, 15) is 9.59 Å². The number of nitriles is 1. The number of hydrogen-bond donors (Lipinski definition) is 2. The number of ether oxygens (including phenoxy) is 1. The highest BCUT2D eigenvalue weighted by atomic mass is 35.5. The average molecular weight is 424 g/mol. The Kier molecular flexibility index (Phi) is 5.55. The van der Waals surface area contributed by atoms with Crippen LogP contribution in [0, 0.1) is 11.3 Å². The third-order valence-electron chi connectivity index (χ3n) is 4.98. The predicted molar refractivity (Wildman–Crippen MR) is 112 cm³/mol. The van der Waals surface area contributed by atoms with Gasteiger partial charge in [-0.25, -0.2) is 9.59 Å². The van der Waals surface area contributed by atoms with Gasteiger partial charge in [0.25, 0.3) is 0 Å². The number of fused-ring (bicyclic) bond motifs is 1. The van der Waals surface area contributed by atoms with Crippen molar-refractivity contribution >= 4 is 40.5 Å². The third kappa shape index (κ3) is 4.07. The molecule has 4 rings (SSSR count). The molecule has 0 unspecified atom stereocenters. The summed E-state index contributed by atoms with van der Waals surface area (Å²) in [4.78, 5) is 25.8. The number of rotatable bonds is 2. The number of aromatic amines is 1. The molecule has 3 aromatic rings. The minimum atomic E-state index is -0.895. The Morgan fingerprint density at radius 1 is 1.17 bits per heavy atom. The molecular weight excluding hydrogens is 406 g/mol. The standard InChI is InChI=1S/C21H18ClN5O3/c22-17-6-4-13(12-23)10-15(17)14-5-7-18-16(11-14)19(26-25-18)24-20(28)30-21(29)27-8-2-1-3-9-27/h4-7,10-11H,1-3,8-9H2,(H2,24,25,26,28). The zero-order valence-corrected chi connectivity index (χ0v) is 16.7. The highest BCUT2D eigenvalue weighted by Gasteiger charge is 2.21. The van der Waals surface area contributed by atoms with Crippen molar-refractivity contribution in [2.45, 2.75) is 19.3 Å². The monoisotopic (exact) mass is 423 g/mol. The number of nitrogens with zero attached hydrogens (tertiary/aromatic N) is 3. The number of carbonyl (C=O) groups is 2. The van der Waals surface area contributed by atoms with Gasteiger partial charge in [-0.2, -0.15) is 10.4 Å². The van der Waals surface area contributed by atoms with Crippen LogP contribution in [-0.4, -0.2) is 40.4 Å². The lowest BCUT2D eigenvalue weighted by Crippen LogP contribution is -2.37. The Morgan fingerprint density at radius 2 is 1.97 bits per heavy atom. The van der Waals surface area contributed by atoms with E-state index in [1.807, 2.05) is 6.07 Å². The van der Waals surface area contributed by atoms with Gasteiger partial charge in [0.05, 0.1) is 17.1 Å². The predicted octanol–water partition coefficient (Wildman–Crippen LogP) is 4.91. The molecule has 0 spiro atoms. The molecule has 0 bridgehead atoms. The second-order valence-corrected chi connectivity index (χ2v) is 7.37. The molecule has 8 nitrogen and oxygen atoms in total. The van der Waals surface area contributed by atoms with Gasteiger partial charge in [0.1, 0.15) is 0 Å². The Hall–Kier alpha value is -3.57. The minimum Gasteiger partial charge on any atom is -0.359 e. The molecule has 0 radical (unpaired) electrons. The summed E-state index contributed by atoms with van der Waals surface area (Å²) in [5.74, 6) is 0.232. The van der Waals surface area contributed by atoms with Crippen molar-refractivity contribution in [2.75, 3.05) is 18.4 Å². The molecule has 0 saturated carbocycles. The molecule has 1 aliphatic heterocycles. The Balaban J connectivity index is 1.55. The van der Waals surface area contributed by atoms with E-state index in [1.54, 1.807) is 30.3 Å². The van der Waals surface area contributed by atoms with Gasteiger partial charge < -0.3 is 9.64 Å². The zero-order valence-electron chi connectivity index (χ0n) is 15.9. The lowest BCUT2D eigenvalue weighted by molar-refractivity contribution is 0.117. The first kappa shape index (κ1) is 19.7. The van der Waals surface area contributed by atoms with Crippen LogP contribution in [0.1, 0.15) is 24.8 Å². The van der Waals surface area contributed by atoms with Crippen LogP contribution in [0.5, 0.6) is 0 Å². The van der Waals surface area contributed by atoms with Crippen molar-refractivity contribution < 1.29 is 14.3 Å². The first-order chi connectivity index (χ1) is 14.5. The maximum atomic E-state index is 12.2. The van der Waals surface area contributed by atoms with E-state index in [-0.39, 0.29) is 5.82 Å². The van der Waals surface area contributed by atoms with Crippen LogP contribution in [0.25, 0.3) is 22.0 Å². The first-order valence-electron chi connectivity index (χ1n) is 9.51. The second kappa shape index (κ2) is 8.43. The van der Waals surface area contributed by atoms with E-state index in [0.717, 1.165) is 24.8 Å². The summed E-state index contributed by atoms with van der Waals surface area (Å²) >= 11 is 6.30. The number of benzene rings is 2. The lowest BCUT2D eigenvalue weighted by Gasteiger charge is -2.25. The van der Waals surface area contributed by atoms with Gasteiger partial charge in [0, 0.05) is 29.1 Å². The van der Waals surface area contributed by atoms with Gasteiger partial charge in [-0.3, -0.25) is 10.4 Å². The fraction of sp³-hybridized carbons (Fsp3) is 0.238. The van der Waals surface area contributed by atoms with Crippen LogP contribution in [0.4, 0.5) is 15.4 Å². The summed E-state index contributed by atoms with van der Waals surface area (Å²) in [6.07, 6.45) is 1.32. The van der Waals surface area contributed by atoms with Crippen molar-refractivity contribution in [3.63, 3.8) is 0 Å². The number of H-pyrrole nitrogens is 1. The third-order valence-corrected chi connectivity index (χ3v) is 5.31. The Labute approximate surface area is 177 Å². The molecule has 0 aliphatic carbocycles. The van der Waals surface area contributed by atoms with Crippen molar-refractivity contribution in [2.24, 2.45) is 0 Å². The summed E-state index contributed by atoms with van der Waals surface area (Å²) in [7, 11) is 0. The average Bonchev–Trinajstić information content (AvgIpc) is 3.16. The summed E-state index contributed by atoms with van der Waals surface area (Å²) < 4.78 is 4.90. The summed E-state index contributed by atoms with van der Waals surface area (Å²) in [5, 5.41) is 19.7. The molecule has 2 amide bonds. The first-order valence-corrected chi connectivity index (χ1v) is 9.89. The maximum Gasteiger partial charge on any atom is 0.421 e. The van der Waals surface area contributed by atoms with E-state index in [0.29, 0.717) is 40.1 Å². The molecule has 30 heavy (non-hydrogen) atoms. The van der Waals surface area contributed by atoms with Gasteiger partial charge in [-0.15, -0.1) is 0 Å². The quantitative estimate of drug-likeness (QED) is 0.569. The van der Waals surface area contributed by atoms with E-state index in [2.05, 4.69) is 21.6 Å². The van der Waals surface area contributed by atoms with Crippen LogP contribution in [-0.2, 0) is 4.74 Å². The number of carbonyl (C=O) groups excluding carboxylic acids is 2. The molecule has 152 valence electrons. The number of amides is 2. The normalized spacial score (nSPS) is 13.7. The number of likely N-dealkylation sites (tertiary alicyclic amines) is 1. The molecule has 1 saturated heterocycles. The van der Waals surface area contributed by atoms with Gasteiger partial charge >= 0.3 is 12.2 Å². The van der Waals surface area contributed by atoms with Gasteiger partial charge in [-0.05, 0) is 55.2 Å². The zero-order chi connectivity index (χ0) is 21.1. The number of nitrogens with one attached hydrogen (secondary N) is 2. The number of halogens is 1. The van der Waals surface area contributed by atoms with E-state index in [4.69, 9.17) is 21.6 Å². The Morgan fingerprint density at radius 3 is 2.73 bits per heavy atom. The highest BCUT2D eigenvalue weighted by molar-refractivity contribution is 6.33. The highest BCUT2D eigenvalue weighted by Crippen LogP contribution is 2.32. The molecule has 2 aromatic carbocycles.